The minimum Gasteiger partial charge on any atom is -0.447 e. The van der Waals surface area contributed by atoms with Gasteiger partial charge in [0.1, 0.15) is 6.61 Å². The molecule has 0 radical (unpaired) electrons. The van der Waals surface area contributed by atoms with Gasteiger partial charge in [0.15, 0.2) is 11.4 Å². The maximum atomic E-state index is 13.2. The summed E-state index contributed by atoms with van der Waals surface area (Å²) in [6.45, 7) is 1.50. The van der Waals surface area contributed by atoms with Crippen LogP contribution in [0.4, 0.5) is 0 Å². The third kappa shape index (κ3) is 3.66. The van der Waals surface area contributed by atoms with Crippen LogP contribution in [0, 0.1) is 29.1 Å². The second kappa shape index (κ2) is 8.72. The SMILES string of the molecule is C[C@]12CCC(=O)C=C1CC[C@H]1[C@@H]3CC[C@](OC(=O)c4ccccc4)(C(=O)CO)[C@@H](C3)C[C@H](O)[C@@H]12. The van der Waals surface area contributed by atoms with E-state index in [-0.39, 0.29) is 23.0 Å². The number of Topliss-reactive ketones (excluding diaryl/α,β-unsaturated/α-hetero) is 1. The van der Waals surface area contributed by atoms with Gasteiger partial charge in [-0.1, -0.05) is 30.7 Å². The summed E-state index contributed by atoms with van der Waals surface area (Å²) in [4.78, 5) is 38.3. The van der Waals surface area contributed by atoms with Gasteiger partial charge in [0, 0.05) is 12.3 Å². The first-order valence-electron chi connectivity index (χ1n) is 12.6. The molecule has 3 saturated carbocycles. The highest BCUT2D eigenvalue weighted by molar-refractivity contribution is 5.95. The van der Waals surface area contributed by atoms with Crippen LogP contribution < -0.4 is 0 Å². The van der Waals surface area contributed by atoms with Crippen molar-refractivity contribution in [3.8, 4) is 0 Å². The Kier molecular flexibility index (Phi) is 6.01. The summed E-state index contributed by atoms with van der Waals surface area (Å²) >= 11 is 0. The Hall–Kier alpha value is -2.31. The fourth-order valence-electron chi connectivity index (χ4n) is 7.81. The fourth-order valence-corrected chi connectivity index (χ4v) is 7.81. The first-order valence-corrected chi connectivity index (χ1v) is 12.6. The lowest BCUT2D eigenvalue weighted by molar-refractivity contribution is -0.155. The number of hydrogen-bond donors (Lipinski definition) is 2. The second-order valence-corrected chi connectivity index (χ2v) is 11.0. The van der Waals surface area contributed by atoms with Crippen molar-refractivity contribution < 1.29 is 29.3 Å². The van der Waals surface area contributed by atoms with Crippen LogP contribution in [0.2, 0.25) is 0 Å². The van der Waals surface area contributed by atoms with E-state index >= 15 is 0 Å². The number of benzene rings is 1. The van der Waals surface area contributed by atoms with Gasteiger partial charge in [-0.15, -0.1) is 0 Å². The highest BCUT2D eigenvalue weighted by Crippen LogP contribution is 2.61. The summed E-state index contributed by atoms with van der Waals surface area (Å²) in [6, 6.07) is 8.60. The van der Waals surface area contributed by atoms with E-state index in [1.807, 2.05) is 12.1 Å². The van der Waals surface area contributed by atoms with E-state index in [1.165, 1.54) is 0 Å². The number of carbonyl (C=O) groups excluding carboxylic acids is 3. The fraction of sp³-hybridized carbons (Fsp3) is 0.607. The van der Waals surface area contributed by atoms with Gasteiger partial charge in [-0.05, 0) is 86.3 Å². The van der Waals surface area contributed by atoms with E-state index in [9.17, 15) is 24.6 Å². The summed E-state index contributed by atoms with van der Waals surface area (Å²) in [5.74, 6) is -0.582. The minimum absolute atomic E-state index is 0.0143. The topological polar surface area (TPSA) is 101 Å². The quantitative estimate of drug-likeness (QED) is 0.657. The number of fused-ring (bicyclic) bond motifs is 6. The molecule has 7 atom stereocenters. The molecule has 3 fully saturated rings. The monoisotopic (exact) mass is 466 g/mol. The number of aliphatic hydroxyl groups is 2. The molecule has 4 aliphatic carbocycles. The van der Waals surface area contributed by atoms with Gasteiger partial charge < -0.3 is 14.9 Å². The van der Waals surface area contributed by atoms with E-state index in [2.05, 4.69) is 6.92 Å². The summed E-state index contributed by atoms with van der Waals surface area (Å²) in [6.07, 6.45) is 6.33. The molecule has 0 aliphatic heterocycles. The lowest BCUT2D eigenvalue weighted by atomic mass is 9.52. The number of ketones is 2. The standard InChI is InChI=1S/C28H34O6/c1-27-11-10-21(30)14-19(27)7-8-22-18-9-12-28(24(32)16-29,20(13-18)15-23(31)25(22)27)34-26(33)17-5-3-2-4-6-17/h2-6,14,18,20,22-23,25,29,31H,7-13,15-16H2,1H3/t18-,20+,22+,23+,25-,27+,28-/m1/s1. The number of esters is 1. The molecule has 0 amide bonds. The average molecular weight is 467 g/mol. The van der Waals surface area contributed by atoms with Gasteiger partial charge in [-0.25, -0.2) is 4.79 Å². The molecule has 0 spiro atoms. The van der Waals surface area contributed by atoms with Gasteiger partial charge >= 0.3 is 5.97 Å². The summed E-state index contributed by atoms with van der Waals surface area (Å²) in [5.41, 5.74) is -0.118. The number of allylic oxidation sites excluding steroid dienone is 2. The van der Waals surface area contributed by atoms with Gasteiger partial charge in [0.05, 0.1) is 11.7 Å². The molecule has 182 valence electrons. The zero-order valence-corrected chi connectivity index (χ0v) is 19.7. The summed E-state index contributed by atoms with van der Waals surface area (Å²) in [5, 5.41) is 21.5. The molecule has 5 rings (SSSR count). The molecule has 1 aromatic rings. The molecule has 1 aromatic carbocycles. The Morgan fingerprint density at radius 3 is 2.59 bits per heavy atom. The average Bonchev–Trinajstić information content (AvgIpc) is 2.96. The highest BCUT2D eigenvalue weighted by atomic mass is 16.6. The van der Waals surface area contributed by atoms with Crippen LogP contribution in [0.1, 0.15) is 68.6 Å². The molecular formula is C28H34O6. The van der Waals surface area contributed by atoms with E-state index in [0.717, 1.165) is 24.8 Å². The smallest absolute Gasteiger partial charge is 0.339 e. The molecule has 0 unspecified atom stereocenters. The molecule has 2 N–H and O–H groups in total. The van der Waals surface area contributed by atoms with Gasteiger partial charge in [-0.2, -0.15) is 0 Å². The predicted octanol–water partition coefficient (Wildman–Crippen LogP) is 3.65. The number of rotatable bonds is 4. The minimum atomic E-state index is -1.42. The molecule has 34 heavy (non-hydrogen) atoms. The Morgan fingerprint density at radius 1 is 1.09 bits per heavy atom. The van der Waals surface area contributed by atoms with Gasteiger partial charge in [0.2, 0.25) is 5.78 Å². The number of aliphatic hydroxyl groups excluding tert-OH is 2. The first-order chi connectivity index (χ1) is 16.3. The molecule has 6 heteroatoms. The van der Waals surface area contributed by atoms with Crippen LogP contribution in [0.3, 0.4) is 0 Å². The van der Waals surface area contributed by atoms with Crippen LogP contribution >= 0.6 is 0 Å². The van der Waals surface area contributed by atoms with Crippen LogP contribution in [0.5, 0.6) is 0 Å². The molecule has 6 nitrogen and oxygen atoms in total. The Balaban J connectivity index is 1.49. The van der Waals surface area contributed by atoms with Crippen LogP contribution in [0.25, 0.3) is 0 Å². The second-order valence-electron chi connectivity index (χ2n) is 11.0. The number of ether oxygens (including phenoxy) is 1. The van der Waals surface area contributed by atoms with Crippen molar-refractivity contribution >= 4 is 17.5 Å². The maximum Gasteiger partial charge on any atom is 0.339 e. The zero-order chi connectivity index (χ0) is 24.1. The van der Waals surface area contributed by atoms with Crippen molar-refractivity contribution in [2.75, 3.05) is 6.61 Å². The summed E-state index contributed by atoms with van der Waals surface area (Å²) in [7, 11) is 0. The number of carbonyl (C=O) groups is 3. The van der Waals surface area contributed by atoms with Crippen LogP contribution in [0.15, 0.2) is 42.0 Å². The molecule has 0 saturated heterocycles. The van der Waals surface area contributed by atoms with E-state index in [4.69, 9.17) is 4.74 Å². The molecule has 4 aliphatic rings. The van der Waals surface area contributed by atoms with Gasteiger partial charge in [-0.3, -0.25) is 9.59 Å². The van der Waals surface area contributed by atoms with Crippen LogP contribution in [-0.2, 0) is 14.3 Å². The largest absolute Gasteiger partial charge is 0.447 e. The highest BCUT2D eigenvalue weighted by Gasteiger charge is 2.60. The Labute approximate surface area is 200 Å². The van der Waals surface area contributed by atoms with Crippen molar-refractivity contribution in [2.24, 2.45) is 29.1 Å². The molecule has 0 heterocycles. The number of hydrogen-bond acceptors (Lipinski definition) is 6. The van der Waals surface area contributed by atoms with Crippen molar-refractivity contribution in [1.82, 2.24) is 0 Å². The zero-order valence-electron chi connectivity index (χ0n) is 19.7. The predicted molar refractivity (Wildman–Crippen MR) is 125 cm³/mol. The normalized spacial score (nSPS) is 39.2. The Morgan fingerprint density at radius 2 is 1.85 bits per heavy atom. The third-order valence-electron chi connectivity index (χ3n) is 9.48. The molecule has 2 bridgehead atoms. The van der Waals surface area contributed by atoms with Crippen molar-refractivity contribution in [3.05, 3.63) is 47.5 Å². The first kappa shape index (κ1) is 23.4. The van der Waals surface area contributed by atoms with E-state index < -0.39 is 30.1 Å². The Bertz CT molecular complexity index is 1010. The van der Waals surface area contributed by atoms with E-state index in [0.29, 0.717) is 49.5 Å². The van der Waals surface area contributed by atoms with Crippen molar-refractivity contribution in [3.63, 3.8) is 0 Å². The lowest BCUT2D eigenvalue weighted by Gasteiger charge is -2.52. The third-order valence-corrected chi connectivity index (χ3v) is 9.48. The maximum absolute atomic E-state index is 13.2. The lowest BCUT2D eigenvalue weighted by Crippen LogP contribution is -2.54. The molecule has 0 aromatic heterocycles. The van der Waals surface area contributed by atoms with Gasteiger partial charge in [0.25, 0.3) is 0 Å². The van der Waals surface area contributed by atoms with Crippen molar-refractivity contribution in [2.45, 2.75) is 70.0 Å². The van der Waals surface area contributed by atoms with Crippen LogP contribution in [-0.4, -0.2) is 46.1 Å². The molecular weight excluding hydrogens is 432 g/mol. The summed E-state index contributed by atoms with van der Waals surface area (Å²) < 4.78 is 5.99. The van der Waals surface area contributed by atoms with Crippen molar-refractivity contribution in [1.29, 1.82) is 0 Å². The van der Waals surface area contributed by atoms with E-state index in [1.54, 1.807) is 24.3 Å².